The Balaban J connectivity index is 2.06. The van der Waals surface area contributed by atoms with Gasteiger partial charge in [-0.3, -0.25) is 0 Å². The topological polar surface area (TPSA) is 169 Å². The molecular weight excluding hydrogens is 304 g/mol. The molecule has 10 nitrogen and oxygen atoms in total. The van der Waals surface area contributed by atoms with E-state index in [1.165, 1.54) is 6.92 Å². The van der Waals surface area contributed by atoms with Gasteiger partial charge in [0, 0.05) is 0 Å². The lowest BCUT2D eigenvalue weighted by Crippen LogP contribution is -2.63. The van der Waals surface area contributed by atoms with E-state index in [0.717, 1.165) is 0 Å². The summed E-state index contributed by atoms with van der Waals surface area (Å²) in [6, 6.07) is 0. The Morgan fingerprint density at radius 3 is 2.05 bits per heavy atom. The van der Waals surface area contributed by atoms with Gasteiger partial charge in [0.25, 0.3) is 0 Å². The van der Waals surface area contributed by atoms with Crippen molar-refractivity contribution in [3.05, 3.63) is 0 Å². The van der Waals surface area contributed by atoms with E-state index in [-0.39, 0.29) is 0 Å². The molecular formula is C12H22O10. The molecule has 0 aromatic rings. The van der Waals surface area contributed by atoms with Gasteiger partial charge in [0.2, 0.25) is 0 Å². The van der Waals surface area contributed by atoms with E-state index in [4.69, 9.17) is 19.3 Å². The van der Waals surface area contributed by atoms with Crippen LogP contribution in [0.2, 0.25) is 0 Å². The predicted octanol–water partition coefficient (Wildman–Crippen LogP) is -4.37. The van der Waals surface area contributed by atoms with Crippen LogP contribution in [0, 0.1) is 0 Å². The fraction of sp³-hybridized carbons (Fsp3) is 1.00. The van der Waals surface area contributed by atoms with Gasteiger partial charge in [0.15, 0.2) is 12.6 Å². The smallest absolute Gasteiger partial charge is 0.187 e. The molecule has 2 fully saturated rings. The molecule has 10 atom stereocenters. The molecule has 7 N–H and O–H groups in total. The fourth-order valence-corrected chi connectivity index (χ4v) is 2.50. The Morgan fingerprint density at radius 1 is 0.818 bits per heavy atom. The summed E-state index contributed by atoms with van der Waals surface area (Å²) in [5, 5.41) is 67.5. The second kappa shape index (κ2) is 7.01. The van der Waals surface area contributed by atoms with Crippen molar-refractivity contribution in [3.63, 3.8) is 0 Å². The van der Waals surface area contributed by atoms with Crippen molar-refractivity contribution in [2.24, 2.45) is 0 Å². The summed E-state index contributed by atoms with van der Waals surface area (Å²) >= 11 is 0. The molecule has 2 aliphatic heterocycles. The molecule has 0 saturated carbocycles. The normalized spacial score (nSPS) is 53.5. The van der Waals surface area contributed by atoms with Gasteiger partial charge in [0.05, 0.1) is 12.7 Å². The standard InChI is InChI=1S/C12H22O10/c1-3-5(14)7(16)9(18)12(20-3)22-10-8(17)6(15)4(2-13)21-11(10)19/h3-19H,2H2,1H3/t3-,4+,5+,6+,7+,8-,9-,10-,11?,12-/m0/s1. The van der Waals surface area contributed by atoms with Gasteiger partial charge >= 0.3 is 0 Å². The number of rotatable bonds is 3. The second-order valence-electron chi connectivity index (χ2n) is 5.51. The third-order valence-electron chi connectivity index (χ3n) is 3.94. The Labute approximate surface area is 126 Å². The van der Waals surface area contributed by atoms with Crippen LogP contribution >= 0.6 is 0 Å². The molecule has 130 valence electrons. The molecule has 10 heteroatoms. The number of hydrogen-bond donors (Lipinski definition) is 7. The molecule has 0 aliphatic carbocycles. The van der Waals surface area contributed by atoms with Crippen molar-refractivity contribution in [3.8, 4) is 0 Å². The van der Waals surface area contributed by atoms with Crippen LogP contribution in [0.4, 0.5) is 0 Å². The Bertz CT molecular complexity index is 368. The van der Waals surface area contributed by atoms with Crippen molar-refractivity contribution >= 4 is 0 Å². The first-order chi connectivity index (χ1) is 10.3. The summed E-state index contributed by atoms with van der Waals surface area (Å²) in [7, 11) is 0. The maximum atomic E-state index is 9.93. The van der Waals surface area contributed by atoms with Gasteiger partial charge in [-0.25, -0.2) is 0 Å². The van der Waals surface area contributed by atoms with Crippen molar-refractivity contribution in [2.45, 2.75) is 68.3 Å². The van der Waals surface area contributed by atoms with E-state index >= 15 is 0 Å². The number of ether oxygens (including phenoxy) is 3. The van der Waals surface area contributed by atoms with Crippen molar-refractivity contribution in [2.75, 3.05) is 6.61 Å². The van der Waals surface area contributed by atoms with Crippen LogP contribution in [0.1, 0.15) is 6.92 Å². The molecule has 0 radical (unpaired) electrons. The van der Waals surface area contributed by atoms with Gasteiger partial charge < -0.3 is 50.0 Å². The summed E-state index contributed by atoms with van der Waals surface area (Å²) in [6.45, 7) is 0.823. The van der Waals surface area contributed by atoms with Crippen molar-refractivity contribution in [1.29, 1.82) is 0 Å². The summed E-state index contributed by atoms with van der Waals surface area (Å²) in [4.78, 5) is 0. The highest BCUT2D eigenvalue weighted by atomic mass is 16.7. The van der Waals surface area contributed by atoms with E-state index < -0.39 is 68.0 Å². The van der Waals surface area contributed by atoms with E-state index in [1.54, 1.807) is 0 Å². The first kappa shape index (κ1) is 17.9. The van der Waals surface area contributed by atoms with Crippen molar-refractivity contribution < 1.29 is 50.0 Å². The van der Waals surface area contributed by atoms with E-state index in [0.29, 0.717) is 0 Å². The average Bonchev–Trinajstić information content (AvgIpc) is 2.49. The lowest BCUT2D eigenvalue weighted by molar-refractivity contribution is -0.358. The first-order valence-electron chi connectivity index (χ1n) is 6.93. The largest absolute Gasteiger partial charge is 0.394 e. The quantitative estimate of drug-likeness (QED) is 0.269. The zero-order valence-electron chi connectivity index (χ0n) is 11.8. The van der Waals surface area contributed by atoms with Crippen LogP contribution in [-0.4, -0.2) is 104 Å². The highest BCUT2D eigenvalue weighted by Crippen LogP contribution is 2.28. The highest BCUT2D eigenvalue weighted by Gasteiger charge is 2.49. The minimum Gasteiger partial charge on any atom is -0.394 e. The minimum absolute atomic E-state index is 0.619. The van der Waals surface area contributed by atoms with Crippen LogP contribution in [0.5, 0.6) is 0 Å². The van der Waals surface area contributed by atoms with Gasteiger partial charge in [-0.15, -0.1) is 0 Å². The van der Waals surface area contributed by atoms with Gasteiger partial charge in [-0.1, -0.05) is 0 Å². The molecule has 2 rings (SSSR count). The average molecular weight is 326 g/mol. The summed E-state index contributed by atoms with van der Waals surface area (Å²) in [5.74, 6) is 0. The molecule has 1 unspecified atom stereocenters. The monoisotopic (exact) mass is 326 g/mol. The van der Waals surface area contributed by atoms with Crippen LogP contribution < -0.4 is 0 Å². The zero-order valence-corrected chi connectivity index (χ0v) is 11.8. The maximum Gasteiger partial charge on any atom is 0.187 e. The maximum absolute atomic E-state index is 9.93. The Hall–Kier alpha value is -0.400. The second-order valence-corrected chi connectivity index (χ2v) is 5.51. The lowest BCUT2D eigenvalue weighted by Gasteiger charge is -2.44. The van der Waals surface area contributed by atoms with Gasteiger partial charge in [0.1, 0.15) is 42.7 Å². The van der Waals surface area contributed by atoms with Gasteiger partial charge in [-0.2, -0.15) is 0 Å². The van der Waals surface area contributed by atoms with Crippen LogP contribution in [0.25, 0.3) is 0 Å². The van der Waals surface area contributed by atoms with Crippen LogP contribution in [0.3, 0.4) is 0 Å². The van der Waals surface area contributed by atoms with E-state index in [9.17, 15) is 30.6 Å². The third kappa shape index (κ3) is 3.26. The molecule has 0 spiro atoms. The van der Waals surface area contributed by atoms with Crippen molar-refractivity contribution in [1.82, 2.24) is 0 Å². The predicted molar refractivity (Wildman–Crippen MR) is 67.2 cm³/mol. The Morgan fingerprint density at radius 2 is 1.45 bits per heavy atom. The fourth-order valence-electron chi connectivity index (χ4n) is 2.50. The molecule has 2 saturated heterocycles. The number of hydrogen-bond acceptors (Lipinski definition) is 10. The van der Waals surface area contributed by atoms with Crippen LogP contribution in [-0.2, 0) is 14.2 Å². The minimum atomic E-state index is -1.69. The third-order valence-corrected chi connectivity index (χ3v) is 3.94. The molecule has 0 aromatic heterocycles. The number of aliphatic hydroxyl groups is 7. The van der Waals surface area contributed by atoms with Gasteiger partial charge in [-0.05, 0) is 6.92 Å². The lowest BCUT2D eigenvalue weighted by atomic mass is 9.97. The molecule has 0 aromatic carbocycles. The summed E-state index contributed by atoms with van der Waals surface area (Å²) in [6.07, 6.45) is -14.3. The Kier molecular flexibility index (Phi) is 5.72. The SMILES string of the molecule is C[C@@H]1O[C@@H](O[C@@H]2C(O)O[C@H](CO)[C@@H](O)[C@@H]2O)[C@@H](O)[C@H](O)[C@@H]1O. The van der Waals surface area contributed by atoms with Crippen LogP contribution in [0.15, 0.2) is 0 Å². The molecule has 22 heavy (non-hydrogen) atoms. The molecule has 0 amide bonds. The summed E-state index contributed by atoms with van der Waals surface area (Å²) in [5.41, 5.74) is 0. The van der Waals surface area contributed by atoms with E-state index in [2.05, 4.69) is 0 Å². The summed E-state index contributed by atoms with van der Waals surface area (Å²) < 4.78 is 15.3. The van der Waals surface area contributed by atoms with E-state index in [1.807, 2.05) is 0 Å². The zero-order chi connectivity index (χ0) is 16.6. The number of aliphatic hydroxyl groups excluding tert-OH is 7. The molecule has 0 bridgehead atoms. The highest BCUT2D eigenvalue weighted by molar-refractivity contribution is 4.92. The molecule has 2 heterocycles. The first-order valence-corrected chi connectivity index (χ1v) is 6.93. The molecule has 2 aliphatic rings.